The van der Waals surface area contributed by atoms with Gasteiger partial charge < -0.3 is 10.4 Å². The van der Waals surface area contributed by atoms with Crippen LogP contribution in [0.4, 0.5) is 0 Å². The summed E-state index contributed by atoms with van der Waals surface area (Å²) in [5.74, 6) is 0.533. The molecule has 1 rings (SSSR count). The lowest BCUT2D eigenvalue weighted by Crippen LogP contribution is -2.50. The molecule has 0 amide bonds. The fraction of sp³-hybridized carbons (Fsp3) is 0.625. The summed E-state index contributed by atoms with van der Waals surface area (Å²) in [6.45, 7) is 2.82. The number of carbonyl (C=O) groups is 1. The van der Waals surface area contributed by atoms with E-state index in [2.05, 4.69) is 5.32 Å². The molecule has 13 heavy (non-hydrogen) atoms. The van der Waals surface area contributed by atoms with E-state index in [4.69, 9.17) is 5.11 Å². The molecule has 0 aliphatic carbocycles. The maximum Gasteiger partial charge on any atom is 0.325 e. The van der Waals surface area contributed by atoms with E-state index in [0.29, 0.717) is 13.1 Å². The third-order valence-corrected chi connectivity index (χ3v) is 2.02. The maximum atomic E-state index is 10.7. The fourth-order valence-corrected chi connectivity index (χ4v) is 1.36. The first kappa shape index (κ1) is 9.92. The highest BCUT2D eigenvalue weighted by atomic mass is 16.4. The zero-order valence-electron chi connectivity index (χ0n) is 7.19. The van der Waals surface area contributed by atoms with Gasteiger partial charge in [-0.2, -0.15) is 0 Å². The molecule has 0 saturated carbocycles. The number of rotatable bonds is 3. The predicted octanol–water partition coefficient (Wildman–Crippen LogP) is -1.27. The topological polar surface area (TPSA) is 69.6 Å². The number of carboxylic acids is 1. The third kappa shape index (κ3) is 2.66. The first-order chi connectivity index (χ1) is 6.25. The Morgan fingerprint density at radius 3 is 2.62 bits per heavy atom. The second-order valence-electron chi connectivity index (χ2n) is 2.85. The summed E-state index contributed by atoms with van der Waals surface area (Å²) in [4.78, 5) is 22.5. The zero-order valence-corrected chi connectivity index (χ0v) is 7.19. The van der Waals surface area contributed by atoms with E-state index in [1.165, 1.54) is 5.94 Å². The van der Waals surface area contributed by atoms with Gasteiger partial charge in [0.25, 0.3) is 0 Å². The van der Waals surface area contributed by atoms with Crippen molar-refractivity contribution in [3.05, 3.63) is 6.08 Å². The molecule has 1 aliphatic rings. The first-order valence-corrected chi connectivity index (χ1v) is 4.14. The van der Waals surface area contributed by atoms with Gasteiger partial charge in [-0.05, 0) is 0 Å². The standard InChI is InChI=1S/C8H12N2O3/c11-6-1-7(8(12)13)10-4-2-9-3-5-10/h1,7,9H,2-5H2,(H,12,13). The highest BCUT2D eigenvalue weighted by molar-refractivity contribution is 5.78. The molecule has 1 unspecified atom stereocenters. The second-order valence-corrected chi connectivity index (χ2v) is 2.85. The van der Waals surface area contributed by atoms with Crippen molar-refractivity contribution >= 4 is 11.9 Å². The number of hydrogen-bond acceptors (Lipinski definition) is 4. The SMILES string of the molecule is O=C=CC(C(=O)O)N1CCNCC1. The average molecular weight is 184 g/mol. The number of carbonyl (C=O) groups excluding carboxylic acids is 1. The number of nitrogens with one attached hydrogen (secondary N) is 1. The normalized spacial score (nSPS) is 20.3. The Morgan fingerprint density at radius 1 is 1.54 bits per heavy atom. The van der Waals surface area contributed by atoms with Gasteiger partial charge in [0, 0.05) is 32.3 Å². The van der Waals surface area contributed by atoms with Gasteiger partial charge in [0.15, 0.2) is 0 Å². The summed E-state index contributed by atoms with van der Waals surface area (Å²) in [5.41, 5.74) is 0. The predicted molar refractivity (Wildman–Crippen MR) is 46.1 cm³/mol. The van der Waals surface area contributed by atoms with E-state index in [9.17, 15) is 9.59 Å². The van der Waals surface area contributed by atoms with Gasteiger partial charge in [0.05, 0.1) is 0 Å². The molecule has 0 radical (unpaired) electrons. The Morgan fingerprint density at radius 2 is 2.15 bits per heavy atom. The summed E-state index contributed by atoms with van der Waals surface area (Å²) >= 11 is 0. The van der Waals surface area contributed by atoms with Crippen LogP contribution in [0.5, 0.6) is 0 Å². The van der Waals surface area contributed by atoms with Gasteiger partial charge >= 0.3 is 5.97 Å². The second kappa shape index (κ2) is 4.77. The summed E-state index contributed by atoms with van der Waals surface area (Å²) < 4.78 is 0. The van der Waals surface area contributed by atoms with Gasteiger partial charge in [-0.25, -0.2) is 4.79 Å². The van der Waals surface area contributed by atoms with Crippen LogP contribution in [0.2, 0.25) is 0 Å². The quantitative estimate of drug-likeness (QED) is 0.535. The lowest BCUT2D eigenvalue weighted by atomic mass is 10.2. The average Bonchev–Trinajstić information content (AvgIpc) is 2.15. The lowest BCUT2D eigenvalue weighted by Gasteiger charge is -2.29. The molecule has 1 aliphatic heterocycles. The molecule has 72 valence electrons. The molecular formula is C8H12N2O3. The highest BCUT2D eigenvalue weighted by Gasteiger charge is 2.24. The Balaban J connectivity index is 2.62. The van der Waals surface area contributed by atoms with Crippen LogP contribution >= 0.6 is 0 Å². The third-order valence-electron chi connectivity index (χ3n) is 2.02. The molecule has 5 heteroatoms. The van der Waals surface area contributed by atoms with E-state index in [0.717, 1.165) is 19.2 Å². The summed E-state index contributed by atoms with van der Waals surface area (Å²) in [6, 6.07) is -0.820. The van der Waals surface area contributed by atoms with Crippen molar-refractivity contribution in [2.24, 2.45) is 0 Å². The Hall–Kier alpha value is -1.16. The van der Waals surface area contributed by atoms with Gasteiger partial charge in [0.2, 0.25) is 0 Å². The van der Waals surface area contributed by atoms with Crippen LogP contribution in [0.1, 0.15) is 0 Å². The largest absolute Gasteiger partial charge is 0.480 e. The van der Waals surface area contributed by atoms with Gasteiger partial charge in [-0.15, -0.1) is 0 Å². The van der Waals surface area contributed by atoms with Crippen LogP contribution in [0.25, 0.3) is 0 Å². The molecule has 1 atom stereocenters. The van der Waals surface area contributed by atoms with Crippen molar-refractivity contribution in [2.45, 2.75) is 6.04 Å². The van der Waals surface area contributed by atoms with Crippen LogP contribution in [0.15, 0.2) is 6.08 Å². The number of piperazine rings is 1. The minimum atomic E-state index is -0.995. The molecule has 0 spiro atoms. The van der Waals surface area contributed by atoms with Crippen molar-refractivity contribution in [3.63, 3.8) is 0 Å². The van der Waals surface area contributed by atoms with Crippen LogP contribution in [-0.4, -0.2) is 54.1 Å². The molecule has 0 aromatic carbocycles. The van der Waals surface area contributed by atoms with Crippen molar-refractivity contribution < 1.29 is 14.7 Å². The molecular weight excluding hydrogens is 172 g/mol. The Bertz CT molecular complexity index is 228. The van der Waals surface area contributed by atoms with E-state index in [1.54, 1.807) is 4.90 Å². The molecule has 2 N–H and O–H groups in total. The molecule has 1 fully saturated rings. The van der Waals surface area contributed by atoms with Crippen LogP contribution in [-0.2, 0) is 9.59 Å². The van der Waals surface area contributed by atoms with E-state index in [1.807, 2.05) is 0 Å². The molecule has 1 heterocycles. The fourth-order valence-electron chi connectivity index (χ4n) is 1.36. The van der Waals surface area contributed by atoms with Crippen molar-refractivity contribution in [1.29, 1.82) is 0 Å². The minimum Gasteiger partial charge on any atom is -0.480 e. The van der Waals surface area contributed by atoms with Gasteiger partial charge in [-0.1, -0.05) is 0 Å². The molecule has 0 aromatic heterocycles. The summed E-state index contributed by atoms with van der Waals surface area (Å²) in [7, 11) is 0. The van der Waals surface area contributed by atoms with Crippen molar-refractivity contribution in [2.75, 3.05) is 26.2 Å². The van der Waals surface area contributed by atoms with E-state index < -0.39 is 12.0 Å². The first-order valence-electron chi connectivity index (χ1n) is 4.14. The van der Waals surface area contributed by atoms with Crippen LogP contribution in [0.3, 0.4) is 0 Å². The molecule has 0 aromatic rings. The lowest BCUT2D eigenvalue weighted by molar-refractivity contribution is -0.141. The van der Waals surface area contributed by atoms with Crippen molar-refractivity contribution in [3.8, 4) is 0 Å². The smallest absolute Gasteiger partial charge is 0.325 e. The van der Waals surface area contributed by atoms with Gasteiger partial charge in [-0.3, -0.25) is 9.69 Å². The molecule has 5 nitrogen and oxygen atoms in total. The Kier molecular flexibility index (Phi) is 3.64. The minimum absolute atomic E-state index is 0.648. The van der Waals surface area contributed by atoms with Crippen LogP contribution < -0.4 is 5.32 Å². The molecule has 1 saturated heterocycles. The number of aliphatic carboxylic acids is 1. The van der Waals surface area contributed by atoms with Gasteiger partial charge in [0.1, 0.15) is 12.0 Å². The zero-order chi connectivity index (χ0) is 9.68. The highest BCUT2D eigenvalue weighted by Crippen LogP contribution is 2.02. The monoisotopic (exact) mass is 184 g/mol. The number of nitrogens with zero attached hydrogens (tertiary/aromatic N) is 1. The van der Waals surface area contributed by atoms with Crippen molar-refractivity contribution in [1.82, 2.24) is 10.2 Å². The van der Waals surface area contributed by atoms with Crippen LogP contribution in [0, 0.1) is 0 Å². The number of carboxylic acid groups (broad SMARTS) is 1. The summed E-state index contributed by atoms with van der Waals surface area (Å²) in [5, 5.41) is 11.9. The summed E-state index contributed by atoms with van der Waals surface area (Å²) in [6.07, 6.45) is 1.05. The molecule has 0 bridgehead atoms. The number of hydrogen-bond donors (Lipinski definition) is 2. The van der Waals surface area contributed by atoms with E-state index in [-0.39, 0.29) is 0 Å². The maximum absolute atomic E-state index is 10.7. The van der Waals surface area contributed by atoms with E-state index >= 15 is 0 Å². The Labute approximate surface area is 76.0 Å².